The van der Waals surface area contributed by atoms with Crippen molar-refractivity contribution in [2.75, 3.05) is 26.2 Å². The highest BCUT2D eigenvalue weighted by Gasteiger charge is 2.34. The van der Waals surface area contributed by atoms with Crippen LogP contribution in [0.5, 0.6) is 5.75 Å². The number of aryl methyl sites for hydroxylation is 1. The van der Waals surface area contributed by atoms with E-state index in [2.05, 4.69) is 51.3 Å². The van der Waals surface area contributed by atoms with Gasteiger partial charge in [-0.15, -0.1) is 11.3 Å². The van der Waals surface area contributed by atoms with Gasteiger partial charge in [-0.2, -0.15) is 0 Å². The number of amides is 2. The quantitative estimate of drug-likeness (QED) is 0.286. The molecule has 0 aliphatic carbocycles. The minimum absolute atomic E-state index is 0.0330. The van der Waals surface area contributed by atoms with E-state index in [-0.39, 0.29) is 24.4 Å². The number of carbonyl (C=O) groups is 2. The number of nitrogens with zero attached hydrogens (tertiary/aromatic N) is 2. The Hall–Kier alpha value is -3.12. The fourth-order valence-corrected chi connectivity index (χ4v) is 5.78. The van der Waals surface area contributed by atoms with Gasteiger partial charge in [0.05, 0.1) is 6.04 Å². The molecule has 0 unspecified atom stereocenters. The Bertz CT molecular complexity index is 1220. The van der Waals surface area contributed by atoms with Crippen LogP contribution in [0.1, 0.15) is 78.0 Å². The summed E-state index contributed by atoms with van der Waals surface area (Å²) in [6.45, 7) is 12.2. The van der Waals surface area contributed by atoms with Gasteiger partial charge < -0.3 is 14.5 Å². The second-order valence-corrected chi connectivity index (χ2v) is 11.8. The maximum absolute atomic E-state index is 13.8. The molecule has 0 radical (unpaired) electrons. The van der Waals surface area contributed by atoms with Gasteiger partial charge in [-0.1, -0.05) is 63.9 Å². The van der Waals surface area contributed by atoms with Gasteiger partial charge in [-0.3, -0.25) is 9.59 Å². The van der Waals surface area contributed by atoms with Crippen LogP contribution in [0.2, 0.25) is 0 Å². The largest absolute Gasteiger partial charge is 0.491 e. The molecule has 4 rings (SSSR count). The summed E-state index contributed by atoms with van der Waals surface area (Å²) in [5, 5.41) is 2.10. The molecule has 0 N–H and O–H groups in total. The summed E-state index contributed by atoms with van der Waals surface area (Å²) in [5.41, 5.74) is 4.15. The Morgan fingerprint density at radius 3 is 2.42 bits per heavy atom. The van der Waals surface area contributed by atoms with Gasteiger partial charge in [0, 0.05) is 23.5 Å². The third kappa shape index (κ3) is 6.65. The topological polar surface area (TPSA) is 49.9 Å². The molecule has 0 spiro atoms. The summed E-state index contributed by atoms with van der Waals surface area (Å²) in [6.07, 6.45) is 1.77. The van der Waals surface area contributed by atoms with Crippen LogP contribution in [0.25, 0.3) is 0 Å². The van der Waals surface area contributed by atoms with Gasteiger partial charge in [0.1, 0.15) is 18.9 Å². The molecule has 0 fully saturated rings. The lowest BCUT2D eigenvalue weighted by Crippen LogP contribution is -2.48. The summed E-state index contributed by atoms with van der Waals surface area (Å²) in [7, 11) is 0. The van der Waals surface area contributed by atoms with Crippen molar-refractivity contribution in [1.29, 1.82) is 0 Å². The van der Waals surface area contributed by atoms with E-state index in [1.54, 1.807) is 16.2 Å². The van der Waals surface area contributed by atoms with Crippen molar-refractivity contribution in [2.24, 2.45) is 5.92 Å². The van der Waals surface area contributed by atoms with Crippen LogP contribution in [0, 0.1) is 12.8 Å². The first-order chi connectivity index (χ1) is 18.3. The zero-order valence-corrected chi connectivity index (χ0v) is 24.1. The zero-order chi connectivity index (χ0) is 27.2. The van der Waals surface area contributed by atoms with Crippen molar-refractivity contribution in [1.82, 2.24) is 9.80 Å². The normalized spacial score (nSPS) is 15.7. The van der Waals surface area contributed by atoms with Gasteiger partial charge in [0.2, 0.25) is 5.91 Å². The second-order valence-electron chi connectivity index (χ2n) is 10.8. The molecule has 1 aliphatic heterocycles. The Kier molecular flexibility index (Phi) is 9.26. The number of hydrogen-bond acceptors (Lipinski definition) is 4. The number of hydrogen-bond donors (Lipinski definition) is 0. The number of ether oxygens (including phenoxy) is 1. The van der Waals surface area contributed by atoms with Crippen LogP contribution in [-0.2, 0) is 11.2 Å². The molecule has 202 valence electrons. The van der Waals surface area contributed by atoms with Gasteiger partial charge >= 0.3 is 0 Å². The van der Waals surface area contributed by atoms with Crippen molar-refractivity contribution < 1.29 is 14.3 Å². The van der Waals surface area contributed by atoms with E-state index < -0.39 is 0 Å². The van der Waals surface area contributed by atoms with E-state index >= 15 is 0 Å². The highest BCUT2D eigenvalue weighted by atomic mass is 32.1. The Morgan fingerprint density at radius 1 is 1.05 bits per heavy atom. The highest BCUT2D eigenvalue weighted by Crippen LogP contribution is 2.34. The van der Waals surface area contributed by atoms with E-state index in [9.17, 15) is 9.59 Å². The summed E-state index contributed by atoms with van der Waals surface area (Å²) >= 11 is 1.74. The van der Waals surface area contributed by atoms with Gasteiger partial charge in [-0.25, -0.2) is 0 Å². The lowest BCUT2D eigenvalue weighted by Gasteiger charge is -2.37. The number of thiophene rings is 1. The summed E-state index contributed by atoms with van der Waals surface area (Å²) < 4.78 is 6.23. The molecule has 3 aromatic rings. The summed E-state index contributed by atoms with van der Waals surface area (Å²) in [6, 6.07) is 17.7. The average molecular weight is 533 g/mol. The Morgan fingerprint density at radius 2 is 1.76 bits per heavy atom. The van der Waals surface area contributed by atoms with Crippen molar-refractivity contribution in [3.05, 3.63) is 87.1 Å². The van der Waals surface area contributed by atoms with E-state index in [4.69, 9.17) is 4.74 Å². The summed E-state index contributed by atoms with van der Waals surface area (Å²) in [4.78, 5) is 32.3. The highest BCUT2D eigenvalue weighted by molar-refractivity contribution is 7.10. The van der Waals surface area contributed by atoms with Crippen molar-refractivity contribution in [3.63, 3.8) is 0 Å². The predicted molar refractivity (Wildman–Crippen MR) is 155 cm³/mol. The number of benzene rings is 2. The van der Waals surface area contributed by atoms with Crippen LogP contribution in [0.4, 0.5) is 0 Å². The van der Waals surface area contributed by atoms with E-state index in [0.29, 0.717) is 37.1 Å². The third-order valence-electron chi connectivity index (χ3n) is 7.51. The summed E-state index contributed by atoms with van der Waals surface area (Å²) in [5.74, 6) is 1.44. The van der Waals surface area contributed by atoms with E-state index in [1.807, 2.05) is 48.2 Å². The van der Waals surface area contributed by atoms with Crippen LogP contribution in [-0.4, -0.2) is 47.9 Å². The first kappa shape index (κ1) is 27.9. The second kappa shape index (κ2) is 12.6. The lowest BCUT2D eigenvalue weighted by molar-refractivity contribution is -0.135. The van der Waals surface area contributed by atoms with Crippen molar-refractivity contribution in [3.8, 4) is 5.75 Å². The molecular formula is C32H40N2O3S. The standard InChI is InChI=1S/C32H40N2O3S/c1-6-23(4)19-33(32(36)26-9-7-24(5)8-10-26)20-31(35)34-17-15-30-28(16-18-38-30)29(34)21-37-27-13-11-25(12-14-27)22(2)3/h7-14,16,18,22-23,29H,6,15,17,19-21H2,1-5H3/t23-,29-/m0/s1. The molecule has 5 nitrogen and oxygen atoms in total. The van der Waals surface area contributed by atoms with Crippen molar-refractivity contribution >= 4 is 23.2 Å². The number of carbonyl (C=O) groups excluding carboxylic acids is 2. The molecule has 0 bridgehead atoms. The monoisotopic (exact) mass is 532 g/mol. The van der Waals surface area contributed by atoms with Crippen LogP contribution in [0.3, 0.4) is 0 Å². The molecule has 2 amide bonds. The maximum Gasteiger partial charge on any atom is 0.254 e. The number of fused-ring (bicyclic) bond motifs is 1. The molecule has 2 atom stereocenters. The fourth-order valence-electron chi connectivity index (χ4n) is 4.86. The third-order valence-corrected chi connectivity index (χ3v) is 8.51. The SMILES string of the molecule is CC[C@H](C)CN(CC(=O)N1CCc2sccc2[C@@H]1COc1ccc(C(C)C)cc1)C(=O)c1ccc(C)cc1. The van der Waals surface area contributed by atoms with Crippen LogP contribution in [0.15, 0.2) is 60.0 Å². The molecule has 2 aromatic carbocycles. The van der Waals surface area contributed by atoms with Crippen LogP contribution < -0.4 is 4.74 Å². The molecule has 6 heteroatoms. The fraction of sp³-hybridized carbons (Fsp3) is 0.438. The molecule has 0 saturated carbocycles. The molecular weight excluding hydrogens is 492 g/mol. The van der Waals surface area contributed by atoms with E-state index in [1.165, 1.54) is 10.4 Å². The van der Waals surface area contributed by atoms with Crippen LogP contribution >= 0.6 is 11.3 Å². The minimum atomic E-state index is -0.179. The maximum atomic E-state index is 13.8. The Balaban J connectivity index is 1.52. The smallest absolute Gasteiger partial charge is 0.254 e. The van der Waals surface area contributed by atoms with Gasteiger partial charge in [0.15, 0.2) is 0 Å². The first-order valence-corrected chi connectivity index (χ1v) is 14.6. The zero-order valence-electron chi connectivity index (χ0n) is 23.3. The van der Waals surface area contributed by atoms with Crippen molar-refractivity contribution in [2.45, 2.75) is 59.4 Å². The number of rotatable bonds is 10. The first-order valence-electron chi connectivity index (χ1n) is 13.7. The van der Waals surface area contributed by atoms with E-state index in [0.717, 1.165) is 29.7 Å². The predicted octanol–water partition coefficient (Wildman–Crippen LogP) is 6.87. The lowest BCUT2D eigenvalue weighted by atomic mass is 10.00. The molecule has 2 heterocycles. The average Bonchev–Trinajstić information content (AvgIpc) is 3.40. The molecule has 1 aromatic heterocycles. The van der Waals surface area contributed by atoms with Gasteiger partial charge in [0.25, 0.3) is 5.91 Å². The molecule has 38 heavy (non-hydrogen) atoms. The van der Waals surface area contributed by atoms with Gasteiger partial charge in [-0.05, 0) is 72.0 Å². The minimum Gasteiger partial charge on any atom is -0.491 e. The Labute approximate surface area is 231 Å². The molecule has 0 saturated heterocycles. The molecule has 1 aliphatic rings.